The van der Waals surface area contributed by atoms with Gasteiger partial charge in [0.25, 0.3) is 0 Å². The Balaban J connectivity index is 1.51. The molecule has 0 amide bonds. The first-order valence-electron chi connectivity index (χ1n) is 8.40. The van der Waals surface area contributed by atoms with Crippen molar-refractivity contribution in [3.05, 3.63) is 59.8 Å². The number of hydrogen-bond donors (Lipinski definition) is 0. The number of nitrogens with zero attached hydrogens (tertiary/aromatic N) is 7. The van der Waals surface area contributed by atoms with E-state index in [1.54, 1.807) is 11.1 Å². The van der Waals surface area contributed by atoms with Gasteiger partial charge < -0.3 is 4.90 Å². The van der Waals surface area contributed by atoms with Crippen LogP contribution in [0, 0.1) is 0 Å². The second-order valence-corrected chi connectivity index (χ2v) is 6.44. The van der Waals surface area contributed by atoms with Crippen LogP contribution < -0.4 is 4.90 Å². The van der Waals surface area contributed by atoms with Gasteiger partial charge in [0, 0.05) is 45.7 Å². The molecule has 1 aliphatic heterocycles. The van der Waals surface area contributed by atoms with Crippen molar-refractivity contribution in [2.24, 2.45) is 0 Å². The Morgan fingerprint density at radius 2 is 1.96 bits per heavy atom. The first-order valence-corrected chi connectivity index (χ1v) is 8.40. The number of rotatable bonds is 4. The standard InChI is InChI=1S/C18H21N7/c1-23(2)18-16-12-24(9-8-17(16)19-13-20-18)11-14-10-21-25(22-14)15-6-4-3-5-7-15/h3-7,10,13H,8-9,11-12H2,1-2H3. The zero-order valence-electron chi connectivity index (χ0n) is 14.5. The zero-order chi connectivity index (χ0) is 17.2. The Bertz CT molecular complexity index is 857. The molecule has 1 aromatic carbocycles. The minimum Gasteiger partial charge on any atom is -0.362 e. The molecule has 2 aromatic heterocycles. The average molecular weight is 335 g/mol. The molecule has 7 heteroatoms. The summed E-state index contributed by atoms with van der Waals surface area (Å²) < 4.78 is 0. The monoisotopic (exact) mass is 335 g/mol. The van der Waals surface area contributed by atoms with Crippen LogP contribution in [0.3, 0.4) is 0 Å². The van der Waals surface area contributed by atoms with Crippen molar-refractivity contribution in [2.45, 2.75) is 19.5 Å². The summed E-state index contributed by atoms with van der Waals surface area (Å²) in [6.45, 7) is 2.57. The van der Waals surface area contributed by atoms with E-state index in [9.17, 15) is 0 Å². The van der Waals surface area contributed by atoms with Gasteiger partial charge >= 0.3 is 0 Å². The van der Waals surface area contributed by atoms with Gasteiger partial charge in [-0.05, 0) is 12.1 Å². The summed E-state index contributed by atoms with van der Waals surface area (Å²) in [7, 11) is 4.04. The smallest absolute Gasteiger partial charge is 0.136 e. The summed E-state index contributed by atoms with van der Waals surface area (Å²) in [6.07, 6.45) is 4.44. The van der Waals surface area contributed by atoms with Gasteiger partial charge in [-0.2, -0.15) is 15.0 Å². The van der Waals surface area contributed by atoms with Crippen LogP contribution in [-0.4, -0.2) is 50.5 Å². The van der Waals surface area contributed by atoms with Gasteiger partial charge in [-0.25, -0.2) is 9.97 Å². The summed E-state index contributed by atoms with van der Waals surface area (Å²) in [4.78, 5) is 15.0. The lowest BCUT2D eigenvalue weighted by molar-refractivity contribution is 0.240. The summed E-state index contributed by atoms with van der Waals surface area (Å²) >= 11 is 0. The second kappa shape index (κ2) is 6.60. The average Bonchev–Trinajstić information content (AvgIpc) is 3.10. The van der Waals surface area contributed by atoms with E-state index in [-0.39, 0.29) is 0 Å². The maximum atomic E-state index is 4.61. The number of aromatic nitrogens is 5. The van der Waals surface area contributed by atoms with Crippen molar-refractivity contribution in [3.63, 3.8) is 0 Å². The largest absolute Gasteiger partial charge is 0.362 e. The second-order valence-electron chi connectivity index (χ2n) is 6.44. The maximum absolute atomic E-state index is 4.61. The molecule has 0 bridgehead atoms. The number of anilines is 1. The number of benzene rings is 1. The fraction of sp³-hybridized carbons (Fsp3) is 0.333. The molecule has 0 saturated carbocycles. The van der Waals surface area contributed by atoms with Gasteiger partial charge in [0.2, 0.25) is 0 Å². The van der Waals surface area contributed by atoms with Crippen LogP contribution in [0.4, 0.5) is 5.82 Å². The van der Waals surface area contributed by atoms with E-state index in [2.05, 4.69) is 30.0 Å². The molecule has 0 aliphatic carbocycles. The molecule has 25 heavy (non-hydrogen) atoms. The molecule has 7 nitrogen and oxygen atoms in total. The van der Waals surface area contributed by atoms with E-state index in [1.807, 2.05) is 50.6 Å². The van der Waals surface area contributed by atoms with Gasteiger partial charge in [-0.1, -0.05) is 18.2 Å². The first kappa shape index (κ1) is 15.7. The third kappa shape index (κ3) is 3.23. The summed E-state index contributed by atoms with van der Waals surface area (Å²) in [6, 6.07) is 9.97. The van der Waals surface area contributed by atoms with E-state index in [4.69, 9.17) is 0 Å². The quantitative estimate of drug-likeness (QED) is 0.723. The van der Waals surface area contributed by atoms with E-state index in [1.165, 1.54) is 5.56 Å². The molecular weight excluding hydrogens is 314 g/mol. The van der Waals surface area contributed by atoms with E-state index in [0.717, 1.165) is 48.9 Å². The normalized spacial score (nSPS) is 14.3. The highest BCUT2D eigenvalue weighted by Crippen LogP contribution is 2.25. The van der Waals surface area contributed by atoms with Crippen LogP contribution in [0.15, 0.2) is 42.9 Å². The Morgan fingerprint density at radius 1 is 1.12 bits per heavy atom. The minimum atomic E-state index is 0.772. The Morgan fingerprint density at radius 3 is 2.76 bits per heavy atom. The minimum absolute atomic E-state index is 0.772. The zero-order valence-corrected chi connectivity index (χ0v) is 14.5. The van der Waals surface area contributed by atoms with Crippen molar-refractivity contribution in [3.8, 4) is 5.69 Å². The highest BCUT2D eigenvalue weighted by molar-refractivity contribution is 5.48. The highest BCUT2D eigenvalue weighted by atomic mass is 15.5. The lowest BCUT2D eigenvalue weighted by Crippen LogP contribution is -2.32. The van der Waals surface area contributed by atoms with Gasteiger partial charge in [-0.15, -0.1) is 0 Å². The van der Waals surface area contributed by atoms with E-state index >= 15 is 0 Å². The van der Waals surface area contributed by atoms with Crippen molar-refractivity contribution in [1.82, 2.24) is 29.9 Å². The molecule has 0 N–H and O–H groups in total. The fourth-order valence-electron chi connectivity index (χ4n) is 3.18. The van der Waals surface area contributed by atoms with Crippen molar-refractivity contribution < 1.29 is 0 Å². The van der Waals surface area contributed by atoms with Gasteiger partial charge in [-0.3, -0.25) is 4.90 Å². The van der Waals surface area contributed by atoms with Crippen molar-refractivity contribution in [2.75, 3.05) is 25.5 Å². The van der Waals surface area contributed by atoms with Crippen molar-refractivity contribution >= 4 is 5.82 Å². The highest BCUT2D eigenvalue weighted by Gasteiger charge is 2.22. The molecule has 128 valence electrons. The molecule has 0 radical (unpaired) electrons. The molecule has 3 heterocycles. The summed E-state index contributed by atoms with van der Waals surface area (Å²) in [5, 5.41) is 9.00. The number of para-hydroxylation sites is 1. The third-order valence-electron chi connectivity index (χ3n) is 4.39. The molecule has 4 rings (SSSR count). The molecular formula is C18H21N7. The van der Waals surface area contributed by atoms with Crippen LogP contribution in [0.25, 0.3) is 5.69 Å². The van der Waals surface area contributed by atoms with Crippen LogP contribution >= 0.6 is 0 Å². The third-order valence-corrected chi connectivity index (χ3v) is 4.39. The predicted octanol–water partition coefficient (Wildman–Crippen LogP) is 1.68. The van der Waals surface area contributed by atoms with Crippen LogP contribution in [0.5, 0.6) is 0 Å². The van der Waals surface area contributed by atoms with Crippen molar-refractivity contribution in [1.29, 1.82) is 0 Å². The molecule has 3 aromatic rings. The van der Waals surface area contributed by atoms with Crippen LogP contribution in [0.2, 0.25) is 0 Å². The van der Waals surface area contributed by atoms with Crippen LogP contribution in [0.1, 0.15) is 17.0 Å². The Kier molecular flexibility index (Phi) is 4.15. The molecule has 1 aliphatic rings. The van der Waals surface area contributed by atoms with E-state index in [0.29, 0.717) is 0 Å². The lowest BCUT2D eigenvalue weighted by Gasteiger charge is -2.29. The maximum Gasteiger partial charge on any atom is 0.136 e. The van der Waals surface area contributed by atoms with Gasteiger partial charge in [0.05, 0.1) is 23.3 Å². The van der Waals surface area contributed by atoms with Gasteiger partial charge in [0.1, 0.15) is 12.1 Å². The summed E-state index contributed by atoms with van der Waals surface area (Å²) in [5.41, 5.74) is 4.31. The van der Waals surface area contributed by atoms with E-state index < -0.39 is 0 Å². The lowest BCUT2D eigenvalue weighted by atomic mass is 10.1. The number of hydrogen-bond acceptors (Lipinski definition) is 6. The SMILES string of the molecule is CN(C)c1ncnc2c1CN(Cc1cnn(-c3ccccc3)n1)CC2. The molecule has 0 fully saturated rings. The molecule has 0 unspecified atom stereocenters. The van der Waals surface area contributed by atoms with Gasteiger partial charge in [0.15, 0.2) is 0 Å². The molecule has 0 saturated heterocycles. The first-order chi connectivity index (χ1) is 12.2. The Labute approximate surface area is 146 Å². The fourth-order valence-corrected chi connectivity index (χ4v) is 3.18. The molecule has 0 spiro atoms. The topological polar surface area (TPSA) is 63.0 Å². The summed E-state index contributed by atoms with van der Waals surface area (Å²) in [5.74, 6) is 1.00. The number of fused-ring (bicyclic) bond motifs is 1. The Hall–Kier alpha value is -2.80. The predicted molar refractivity (Wildman–Crippen MR) is 95.5 cm³/mol. The molecule has 0 atom stereocenters. The van der Waals surface area contributed by atoms with Crippen LogP contribution in [-0.2, 0) is 19.5 Å².